The predicted molar refractivity (Wildman–Crippen MR) is 289 cm³/mol. The normalized spacial score (nSPS) is 24.9. The molecule has 0 aromatic heterocycles. The summed E-state index contributed by atoms with van der Waals surface area (Å²) in [4.78, 5) is 4.71. The Morgan fingerprint density at radius 3 is 2.30 bits per heavy atom. The molecule has 0 saturated carbocycles. The van der Waals surface area contributed by atoms with Crippen LogP contribution in [0.3, 0.4) is 0 Å². The van der Waals surface area contributed by atoms with Crippen LogP contribution in [-0.4, -0.2) is 10.9 Å². The maximum absolute atomic E-state index is 6.94. The van der Waals surface area contributed by atoms with Gasteiger partial charge in [0, 0.05) is 75.4 Å². The molecule has 3 aromatic rings. The van der Waals surface area contributed by atoms with Gasteiger partial charge in [-0.05, 0) is 120 Å². The van der Waals surface area contributed by atoms with Gasteiger partial charge in [-0.2, -0.15) is 0 Å². The summed E-state index contributed by atoms with van der Waals surface area (Å²) in [7, 11) is 0. The first kappa shape index (κ1) is 45.5. The largest absolute Gasteiger partial charge is 0.461 e. The highest BCUT2D eigenvalue weighted by Gasteiger charge is 2.36. The van der Waals surface area contributed by atoms with Gasteiger partial charge in [0.1, 0.15) is 23.0 Å². The number of benzene rings is 3. The lowest BCUT2D eigenvalue weighted by Crippen LogP contribution is -2.32. The molecule has 1 fully saturated rings. The summed E-state index contributed by atoms with van der Waals surface area (Å²) in [6.45, 7) is 25.2. The molecule has 2 heterocycles. The first-order valence-electron chi connectivity index (χ1n) is 24.8. The van der Waals surface area contributed by atoms with Crippen LogP contribution in [0.1, 0.15) is 101 Å². The van der Waals surface area contributed by atoms with Gasteiger partial charge in [0.05, 0.1) is 6.04 Å². The fourth-order valence-corrected chi connectivity index (χ4v) is 10.9. The smallest absolute Gasteiger partial charge is 0.136 e. The molecule has 4 nitrogen and oxygen atoms in total. The third-order valence-electron chi connectivity index (χ3n) is 14.9. The van der Waals surface area contributed by atoms with E-state index in [1.54, 1.807) is 0 Å². The van der Waals surface area contributed by atoms with E-state index in [0.717, 1.165) is 94.6 Å². The van der Waals surface area contributed by atoms with E-state index in [2.05, 4.69) is 228 Å². The quantitative estimate of drug-likeness (QED) is 0.179. The van der Waals surface area contributed by atoms with E-state index < -0.39 is 0 Å². The molecule has 2 aliphatic heterocycles. The molecule has 0 N–H and O–H groups in total. The van der Waals surface area contributed by atoms with Crippen LogP contribution in [0.25, 0.3) is 11.6 Å². The fraction of sp³-hybridized carbons (Fsp3) is 0.231. The van der Waals surface area contributed by atoms with Crippen LogP contribution in [-0.2, 0) is 22.0 Å². The highest BCUT2D eigenvalue weighted by atomic mass is 16.5. The van der Waals surface area contributed by atoms with Crippen molar-refractivity contribution in [3.8, 4) is 5.75 Å². The van der Waals surface area contributed by atoms with Crippen molar-refractivity contribution in [2.75, 3.05) is 4.90 Å². The minimum absolute atomic E-state index is 0.121. The number of hydrogen-bond acceptors (Lipinski definition) is 4. The average Bonchev–Trinajstić information content (AvgIpc) is 3.76. The molecule has 1 saturated heterocycles. The highest BCUT2D eigenvalue weighted by molar-refractivity contribution is 5.80. The van der Waals surface area contributed by atoms with Crippen LogP contribution < -0.4 is 9.64 Å². The summed E-state index contributed by atoms with van der Waals surface area (Å²) in [5, 5.41) is 0. The number of ether oxygens (including phenoxy) is 2. The van der Waals surface area contributed by atoms with Crippen LogP contribution in [0.15, 0.2) is 246 Å². The second kappa shape index (κ2) is 18.7. The third kappa shape index (κ3) is 8.74. The van der Waals surface area contributed by atoms with Gasteiger partial charge in [-0.25, -0.2) is 0 Å². The zero-order chi connectivity index (χ0) is 47.9. The molecule has 69 heavy (non-hydrogen) atoms. The van der Waals surface area contributed by atoms with Crippen molar-refractivity contribution in [3.63, 3.8) is 0 Å². The summed E-state index contributed by atoms with van der Waals surface area (Å²) in [6.07, 6.45) is 43.6. The van der Waals surface area contributed by atoms with Gasteiger partial charge in [0.25, 0.3) is 0 Å². The summed E-state index contributed by atoms with van der Waals surface area (Å²) in [6, 6.07) is 24.5. The molecule has 4 heteroatoms. The van der Waals surface area contributed by atoms with Gasteiger partial charge in [0.15, 0.2) is 0 Å². The number of allylic oxidation sites excluding steroid dienone is 19. The molecular weight excluding hydrogens is 841 g/mol. The number of hydrogen-bond donors (Lipinski definition) is 0. The zero-order valence-corrected chi connectivity index (χ0v) is 41.0. The van der Waals surface area contributed by atoms with Crippen molar-refractivity contribution in [2.45, 2.75) is 96.4 Å². The molecule has 1 unspecified atom stereocenters. The molecule has 0 radical (unpaired) electrons. The lowest BCUT2D eigenvalue weighted by Gasteiger charge is -2.35. The molecule has 346 valence electrons. The van der Waals surface area contributed by atoms with Crippen LogP contribution in [0, 0.1) is 0 Å². The van der Waals surface area contributed by atoms with E-state index in [0.29, 0.717) is 18.6 Å². The van der Waals surface area contributed by atoms with E-state index in [1.165, 1.54) is 39.0 Å². The first-order chi connectivity index (χ1) is 33.4. The Morgan fingerprint density at radius 2 is 1.57 bits per heavy atom. The topological polar surface area (TPSA) is 24.9 Å². The molecule has 5 aliphatic carbocycles. The van der Waals surface area contributed by atoms with Crippen molar-refractivity contribution < 1.29 is 9.47 Å². The minimum Gasteiger partial charge on any atom is -0.461 e. The van der Waals surface area contributed by atoms with Crippen molar-refractivity contribution in [1.82, 2.24) is 4.90 Å². The maximum atomic E-state index is 6.94. The SMILES string of the molecule is C=C/C(=C\C1=Cc2ccccc2C1(C)C)N(C(=C/CC)/C=C1\Cc2ccccc2C1(C)C)c1ccc2c(c1)O/C1=C/C=C3\C/C(=C\C=C\2C1)O/C(=C/C(=C)N(C1=CCCC=C1)C1C=CC=CC1)C3=C. The molecular formula is C65H64N2O2. The van der Waals surface area contributed by atoms with Crippen molar-refractivity contribution in [2.24, 2.45) is 0 Å². The Morgan fingerprint density at radius 1 is 0.797 bits per heavy atom. The monoisotopic (exact) mass is 904 g/mol. The Labute approximate surface area is 410 Å². The van der Waals surface area contributed by atoms with E-state index in [9.17, 15) is 0 Å². The molecule has 10 rings (SSSR count). The van der Waals surface area contributed by atoms with E-state index in [-0.39, 0.29) is 16.9 Å². The van der Waals surface area contributed by atoms with E-state index in [1.807, 2.05) is 6.08 Å². The summed E-state index contributed by atoms with van der Waals surface area (Å²) in [5.41, 5.74) is 17.0. The minimum atomic E-state index is -0.183. The summed E-state index contributed by atoms with van der Waals surface area (Å²) < 4.78 is 13.7. The Bertz CT molecular complexity index is 3090. The standard InChI is InChI=1S/C65H64N2O2/c1-9-21-55(42-51-38-49-23-18-20-29-61(49)65(51,7)8)67(52(10-2)41-50-37-48-22-17-19-28-60(48)64(50,5)6)56-32-35-59-47-31-34-57-39-46(30-33-58(40-47)69-63(59)43-56)45(4)62(68-57)36-44(3)66(53-24-13-11-14-25-53)54-26-15-12-16-27-54/h10-11,13-15,17-24,26-37,41-43,53H,2-4,9,12,16,25,38-40H2,1,5-8H3/b46-30+,47-31+,51-42+,52-41+,55-21+,57-34+,58-33+,62-36+. The molecule has 0 amide bonds. The molecule has 3 aromatic carbocycles. The summed E-state index contributed by atoms with van der Waals surface area (Å²) in [5.74, 6) is 3.26. The van der Waals surface area contributed by atoms with E-state index >= 15 is 0 Å². The number of rotatable bonds is 11. The predicted octanol–water partition coefficient (Wildman–Crippen LogP) is 16.4. The average molecular weight is 905 g/mol. The van der Waals surface area contributed by atoms with Gasteiger partial charge >= 0.3 is 0 Å². The molecule has 7 aliphatic rings. The van der Waals surface area contributed by atoms with Crippen LogP contribution >= 0.6 is 0 Å². The van der Waals surface area contributed by atoms with Crippen molar-refractivity contribution >= 4 is 17.3 Å². The zero-order valence-electron chi connectivity index (χ0n) is 41.0. The van der Waals surface area contributed by atoms with Gasteiger partial charge in [-0.1, -0.05) is 169 Å². The first-order valence-corrected chi connectivity index (χ1v) is 24.8. The molecule has 4 bridgehead atoms. The lowest BCUT2D eigenvalue weighted by atomic mass is 9.81. The van der Waals surface area contributed by atoms with Crippen molar-refractivity contribution in [3.05, 3.63) is 274 Å². The second-order valence-electron chi connectivity index (χ2n) is 20.0. The number of fused-ring (bicyclic) bond motifs is 8. The Hall–Kier alpha value is -7.30. The van der Waals surface area contributed by atoms with Gasteiger partial charge in [-0.15, -0.1) is 0 Å². The van der Waals surface area contributed by atoms with Gasteiger partial charge in [-0.3, -0.25) is 0 Å². The van der Waals surface area contributed by atoms with Gasteiger partial charge < -0.3 is 19.3 Å². The van der Waals surface area contributed by atoms with Crippen LogP contribution in [0.5, 0.6) is 5.75 Å². The highest BCUT2D eigenvalue weighted by Crippen LogP contribution is 2.47. The fourth-order valence-electron chi connectivity index (χ4n) is 10.9. The third-order valence-corrected chi connectivity index (χ3v) is 14.9. The van der Waals surface area contributed by atoms with Crippen LogP contribution in [0.2, 0.25) is 0 Å². The maximum Gasteiger partial charge on any atom is 0.136 e. The Kier molecular flexibility index (Phi) is 12.3. The number of anilines is 1. The van der Waals surface area contributed by atoms with Crippen molar-refractivity contribution in [1.29, 1.82) is 0 Å². The molecule has 0 spiro atoms. The van der Waals surface area contributed by atoms with E-state index in [4.69, 9.17) is 9.47 Å². The summed E-state index contributed by atoms with van der Waals surface area (Å²) >= 11 is 0. The lowest BCUT2D eigenvalue weighted by molar-refractivity contribution is 0.289. The second-order valence-corrected chi connectivity index (χ2v) is 20.0. The van der Waals surface area contributed by atoms with Gasteiger partial charge in [0.2, 0.25) is 0 Å². The molecule has 1 atom stereocenters. The number of nitrogens with zero attached hydrogens (tertiary/aromatic N) is 2. The van der Waals surface area contributed by atoms with Crippen LogP contribution in [0.4, 0.5) is 5.69 Å². The Balaban J connectivity index is 1.03.